The van der Waals surface area contributed by atoms with Crippen molar-refractivity contribution < 1.29 is 22.8 Å². The van der Waals surface area contributed by atoms with E-state index in [0.717, 1.165) is 17.5 Å². The monoisotopic (exact) mass is 528 g/mol. The largest absolute Gasteiger partial charge is 0.418 e. The van der Waals surface area contributed by atoms with Gasteiger partial charge in [0.1, 0.15) is 33.5 Å². The summed E-state index contributed by atoms with van der Waals surface area (Å²) in [4.78, 5) is 43.1. The van der Waals surface area contributed by atoms with E-state index in [2.05, 4.69) is 30.6 Å². The van der Waals surface area contributed by atoms with Crippen LogP contribution >= 0.6 is 22.9 Å². The van der Waals surface area contributed by atoms with Crippen LogP contribution in [0.4, 0.5) is 24.8 Å². The van der Waals surface area contributed by atoms with Crippen LogP contribution in [-0.2, 0) is 12.7 Å². The van der Waals surface area contributed by atoms with Gasteiger partial charge in [-0.25, -0.2) is 19.9 Å². The van der Waals surface area contributed by atoms with Crippen molar-refractivity contribution >= 4 is 46.4 Å². The fourth-order valence-electron chi connectivity index (χ4n) is 2.92. The number of anilines is 2. The summed E-state index contributed by atoms with van der Waals surface area (Å²) >= 11 is 6.50. The fourth-order valence-corrected chi connectivity index (χ4v) is 3.94. The first-order chi connectivity index (χ1) is 16.4. The summed E-state index contributed by atoms with van der Waals surface area (Å²) in [6.07, 6.45) is -1.46. The predicted molar refractivity (Wildman–Crippen MR) is 124 cm³/mol. The average Bonchev–Trinajstić information content (AvgIpc) is 3.26. The quantitative estimate of drug-likeness (QED) is 0.424. The van der Waals surface area contributed by atoms with Gasteiger partial charge in [0, 0.05) is 18.3 Å². The normalized spacial score (nSPS) is 12.5. The minimum atomic E-state index is -4.70. The lowest BCUT2D eigenvalue weighted by molar-refractivity contribution is -0.137. The number of hydrogen-bond donors (Lipinski definition) is 3. The second-order valence-electron chi connectivity index (χ2n) is 7.58. The van der Waals surface area contributed by atoms with E-state index in [1.165, 1.54) is 12.5 Å². The molecule has 0 spiro atoms. The van der Waals surface area contributed by atoms with E-state index in [9.17, 15) is 22.8 Å². The van der Waals surface area contributed by atoms with Crippen LogP contribution < -0.4 is 16.4 Å². The molecule has 0 aliphatic carbocycles. The summed E-state index contributed by atoms with van der Waals surface area (Å²) < 4.78 is 39.1. The van der Waals surface area contributed by atoms with Gasteiger partial charge in [0.25, 0.3) is 11.8 Å². The Morgan fingerprint density at radius 1 is 1.17 bits per heavy atom. The van der Waals surface area contributed by atoms with Gasteiger partial charge in [0.2, 0.25) is 0 Å². The number of nitrogens with one attached hydrogen (secondary N) is 2. The second-order valence-corrected chi connectivity index (χ2v) is 9.05. The first kappa shape index (κ1) is 26.2. The van der Waals surface area contributed by atoms with Gasteiger partial charge >= 0.3 is 6.18 Å². The molecule has 3 rings (SSSR count). The van der Waals surface area contributed by atoms with Crippen molar-refractivity contribution in [2.75, 3.05) is 25.1 Å². The fraction of sp³-hybridized carbons (Fsp3) is 0.300. The molecule has 1 atom stereocenters. The summed E-state index contributed by atoms with van der Waals surface area (Å²) in [5.41, 5.74) is 5.36. The van der Waals surface area contributed by atoms with Gasteiger partial charge in [-0.2, -0.15) is 13.2 Å². The van der Waals surface area contributed by atoms with Crippen LogP contribution in [0, 0.1) is 0 Å². The molecule has 0 bridgehead atoms. The molecule has 0 aromatic carbocycles. The van der Waals surface area contributed by atoms with Crippen molar-refractivity contribution in [3.05, 3.63) is 56.5 Å². The lowest BCUT2D eigenvalue weighted by Gasteiger charge is -2.16. The van der Waals surface area contributed by atoms with E-state index >= 15 is 0 Å². The third-order valence-electron chi connectivity index (χ3n) is 4.54. The number of nitrogens with two attached hydrogens (primary N) is 1. The average molecular weight is 529 g/mol. The molecule has 0 fully saturated rings. The van der Waals surface area contributed by atoms with Gasteiger partial charge in [0.15, 0.2) is 0 Å². The number of nitrogen functional groups attached to an aromatic ring is 1. The summed E-state index contributed by atoms with van der Waals surface area (Å²) in [5, 5.41) is 4.84. The molecule has 3 aromatic heterocycles. The van der Waals surface area contributed by atoms with E-state index in [4.69, 9.17) is 17.3 Å². The maximum absolute atomic E-state index is 13.0. The summed E-state index contributed by atoms with van der Waals surface area (Å²) in [5.74, 6) is -1.36. The number of rotatable bonds is 7. The van der Waals surface area contributed by atoms with Crippen molar-refractivity contribution in [2.45, 2.75) is 25.7 Å². The van der Waals surface area contributed by atoms with Gasteiger partial charge in [0.05, 0.1) is 22.8 Å². The van der Waals surface area contributed by atoms with Crippen molar-refractivity contribution in [3.8, 4) is 0 Å². The molecule has 3 heterocycles. The minimum absolute atomic E-state index is 0.103. The van der Waals surface area contributed by atoms with E-state index in [1.54, 1.807) is 6.92 Å². The Bertz CT molecular complexity index is 1250. The van der Waals surface area contributed by atoms with Crippen LogP contribution in [0.25, 0.3) is 0 Å². The maximum atomic E-state index is 13.0. The number of nitrogens with zero attached hydrogens (tertiary/aromatic N) is 5. The van der Waals surface area contributed by atoms with Crippen LogP contribution in [0.3, 0.4) is 0 Å². The molecular weight excluding hydrogens is 509 g/mol. The van der Waals surface area contributed by atoms with Crippen LogP contribution in [0.15, 0.2) is 24.8 Å². The highest BCUT2D eigenvalue weighted by molar-refractivity contribution is 7.13. The molecular formula is C20H20ClF3N8O2S. The highest BCUT2D eigenvalue weighted by Gasteiger charge is 2.34. The van der Waals surface area contributed by atoms with Gasteiger partial charge in [-0.3, -0.25) is 9.59 Å². The zero-order chi connectivity index (χ0) is 25.9. The molecule has 35 heavy (non-hydrogen) atoms. The van der Waals surface area contributed by atoms with Gasteiger partial charge in [-0.15, -0.1) is 11.3 Å². The van der Waals surface area contributed by atoms with E-state index < -0.39 is 34.6 Å². The molecule has 15 heteroatoms. The highest BCUT2D eigenvalue weighted by atomic mass is 35.5. The van der Waals surface area contributed by atoms with E-state index in [-0.39, 0.29) is 22.2 Å². The SMILES string of the molecule is C[C@H](NC(=O)c1ncnc(N)c1CN(C)C)c1ncc(C(=O)Nc2cc(C(F)(F)F)c(Cl)cn2)s1. The molecule has 2 amide bonds. The Morgan fingerprint density at radius 3 is 2.54 bits per heavy atom. The topological polar surface area (TPSA) is 139 Å². The van der Waals surface area contributed by atoms with Crippen molar-refractivity contribution in [1.82, 2.24) is 30.2 Å². The van der Waals surface area contributed by atoms with E-state index in [1.807, 2.05) is 19.0 Å². The van der Waals surface area contributed by atoms with Crippen molar-refractivity contribution in [3.63, 3.8) is 0 Å². The van der Waals surface area contributed by atoms with Crippen molar-refractivity contribution in [1.29, 1.82) is 0 Å². The molecule has 0 radical (unpaired) electrons. The summed E-state index contributed by atoms with van der Waals surface area (Å²) in [6, 6.07) is 0.0342. The number of thiazole rings is 1. The van der Waals surface area contributed by atoms with Crippen LogP contribution in [0.1, 0.15) is 49.3 Å². The smallest absolute Gasteiger partial charge is 0.383 e. The van der Waals surface area contributed by atoms with Crippen LogP contribution in [0.5, 0.6) is 0 Å². The molecule has 4 N–H and O–H groups in total. The summed E-state index contributed by atoms with van der Waals surface area (Å²) in [6.45, 7) is 2.01. The number of aromatic nitrogens is 4. The third kappa shape index (κ3) is 6.41. The standard InChI is InChI=1S/C20H20ClF3N8O2S/c1-9(30-18(34)15-10(7-32(2)3)16(25)29-8-28-15)19-27-6-13(35-19)17(33)31-14-4-11(20(22,23)24)12(21)5-26-14/h4-6,8-9H,7H2,1-3H3,(H,30,34)(H2,25,28,29)(H,26,31,33)/t9-/m0/s1. The molecule has 0 saturated heterocycles. The third-order valence-corrected chi connectivity index (χ3v) is 6.02. The first-order valence-electron chi connectivity index (χ1n) is 9.91. The Kier molecular flexibility index (Phi) is 7.87. The highest BCUT2D eigenvalue weighted by Crippen LogP contribution is 2.35. The van der Waals surface area contributed by atoms with Crippen LogP contribution in [-0.4, -0.2) is 50.7 Å². The maximum Gasteiger partial charge on any atom is 0.418 e. The van der Waals surface area contributed by atoms with Gasteiger partial charge in [-0.05, 0) is 27.1 Å². The molecule has 3 aromatic rings. The number of alkyl halides is 3. The Labute approximate surface area is 206 Å². The number of amides is 2. The van der Waals surface area contributed by atoms with Crippen molar-refractivity contribution in [2.24, 2.45) is 0 Å². The Balaban J connectivity index is 1.72. The predicted octanol–water partition coefficient (Wildman–Crippen LogP) is 3.39. The summed E-state index contributed by atoms with van der Waals surface area (Å²) in [7, 11) is 3.62. The van der Waals surface area contributed by atoms with Gasteiger partial charge < -0.3 is 21.3 Å². The first-order valence-corrected chi connectivity index (χ1v) is 11.1. The minimum Gasteiger partial charge on any atom is -0.383 e. The van der Waals surface area contributed by atoms with Gasteiger partial charge in [-0.1, -0.05) is 11.6 Å². The molecule has 0 unspecified atom stereocenters. The van der Waals surface area contributed by atoms with Crippen LogP contribution in [0.2, 0.25) is 5.02 Å². The number of halogens is 4. The zero-order valence-corrected chi connectivity index (χ0v) is 20.2. The second kappa shape index (κ2) is 10.5. The molecule has 10 nitrogen and oxygen atoms in total. The molecule has 0 aliphatic heterocycles. The molecule has 0 aliphatic rings. The zero-order valence-electron chi connectivity index (χ0n) is 18.6. The lowest BCUT2D eigenvalue weighted by Crippen LogP contribution is -2.30. The number of carbonyl (C=O) groups excluding carboxylic acids is 2. The number of carbonyl (C=O) groups is 2. The molecule has 0 saturated carbocycles. The molecule has 186 valence electrons. The van der Waals surface area contributed by atoms with E-state index in [0.29, 0.717) is 23.2 Å². The number of hydrogen-bond acceptors (Lipinski definition) is 9. The Morgan fingerprint density at radius 2 is 1.89 bits per heavy atom. The Hall–Kier alpha value is -3.36. The number of pyridine rings is 1. The lowest BCUT2D eigenvalue weighted by atomic mass is 10.1.